The van der Waals surface area contributed by atoms with Gasteiger partial charge in [-0.15, -0.1) is 11.3 Å². The van der Waals surface area contributed by atoms with Gasteiger partial charge in [-0.3, -0.25) is 0 Å². The molecule has 2 heterocycles. The van der Waals surface area contributed by atoms with Crippen LogP contribution >= 0.6 is 11.3 Å². The second kappa shape index (κ2) is 14.3. The highest BCUT2D eigenvalue weighted by Crippen LogP contribution is 2.47. The van der Waals surface area contributed by atoms with Crippen molar-refractivity contribution in [2.45, 2.75) is 0 Å². The van der Waals surface area contributed by atoms with Gasteiger partial charge in [-0.05, 0) is 115 Å². The third kappa shape index (κ3) is 5.71. The molecule has 0 spiro atoms. The highest BCUT2D eigenvalue weighted by atomic mass is 32.1. The largest absolute Gasteiger partial charge is 0.309 e. The molecule has 13 aromatic rings. The molecule has 0 saturated heterocycles. The molecule has 0 bridgehead atoms. The number of hydrogen-bond donors (Lipinski definition) is 0. The van der Waals surface area contributed by atoms with Crippen LogP contribution in [0.5, 0.6) is 0 Å². The number of nitrogens with zero attached hydrogens (tertiary/aromatic N) is 2. The van der Waals surface area contributed by atoms with Crippen molar-refractivity contribution < 1.29 is 0 Å². The summed E-state index contributed by atoms with van der Waals surface area (Å²) in [5, 5.41) is 12.7. The van der Waals surface area contributed by atoms with Crippen molar-refractivity contribution in [2.24, 2.45) is 0 Å². The summed E-state index contributed by atoms with van der Waals surface area (Å²) in [5.74, 6) is 0. The average Bonchev–Trinajstić information content (AvgIpc) is 3.91. The lowest BCUT2D eigenvalue weighted by Crippen LogP contribution is -2.10. The van der Waals surface area contributed by atoms with Crippen LogP contribution in [0, 0.1) is 0 Å². The van der Waals surface area contributed by atoms with E-state index in [0.29, 0.717) is 0 Å². The third-order valence-corrected chi connectivity index (χ3v) is 14.2. The smallest absolute Gasteiger partial charge is 0.0640 e. The van der Waals surface area contributed by atoms with Crippen LogP contribution in [0.1, 0.15) is 0 Å². The van der Waals surface area contributed by atoms with Gasteiger partial charge in [0.05, 0.1) is 21.4 Å². The van der Waals surface area contributed by atoms with Crippen LogP contribution in [-0.4, -0.2) is 4.57 Å². The maximum absolute atomic E-state index is 2.46. The second-order valence-electron chi connectivity index (χ2n) is 16.5. The molecular weight excluding hydrogens is 781 g/mol. The maximum Gasteiger partial charge on any atom is 0.0640 e. The van der Waals surface area contributed by atoms with Crippen molar-refractivity contribution in [3.8, 4) is 27.9 Å². The van der Waals surface area contributed by atoms with E-state index in [0.717, 1.165) is 17.1 Å². The first-order valence-electron chi connectivity index (χ1n) is 21.6. The van der Waals surface area contributed by atoms with Gasteiger partial charge < -0.3 is 9.47 Å². The van der Waals surface area contributed by atoms with Gasteiger partial charge in [-0.25, -0.2) is 0 Å². The van der Waals surface area contributed by atoms with E-state index in [4.69, 9.17) is 0 Å². The fourth-order valence-corrected chi connectivity index (χ4v) is 11.4. The molecule has 0 aliphatic rings. The van der Waals surface area contributed by atoms with Gasteiger partial charge in [0.2, 0.25) is 0 Å². The topological polar surface area (TPSA) is 8.17 Å². The van der Waals surface area contributed by atoms with E-state index in [1.54, 1.807) is 0 Å². The van der Waals surface area contributed by atoms with Gasteiger partial charge in [-0.2, -0.15) is 0 Å². The Morgan fingerprint density at radius 1 is 0.317 bits per heavy atom. The zero-order valence-electron chi connectivity index (χ0n) is 34.2. The molecule has 0 saturated carbocycles. The minimum Gasteiger partial charge on any atom is -0.309 e. The zero-order chi connectivity index (χ0) is 41.4. The standard InChI is InChI=1S/C60H38N2S/c1-4-21-48-40(14-1)32-35-54-53-26-13-29-58(60(53)63-59(48)54)61(45-18-12-17-42(37-45)55-38-43-15-2-3-20-47(43)49-22-5-6-23-50(49)55)44-33-30-39(31-34-44)41-16-11-19-46(36-41)62-56-27-9-7-24-51(56)52-25-8-10-28-57(52)62/h1-38H. The summed E-state index contributed by atoms with van der Waals surface area (Å²) in [6.07, 6.45) is 0. The lowest BCUT2D eigenvalue weighted by atomic mass is 9.93. The summed E-state index contributed by atoms with van der Waals surface area (Å²) in [4.78, 5) is 2.46. The van der Waals surface area contributed by atoms with Gasteiger partial charge in [0.25, 0.3) is 0 Å². The Kier molecular flexibility index (Phi) is 8.12. The summed E-state index contributed by atoms with van der Waals surface area (Å²) in [6.45, 7) is 0. The van der Waals surface area contributed by atoms with E-state index in [-0.39, 0.29) is 0 Å². The number of anilines is 3. The molecule has 294 valence electrons. The van der Waals surface area contributed by atoms with Crippen molar-refractivity contribution in [1.82, 2.24) is 4.57 Å². The first kappa shape index (κ1) is 35.7. The van der Waals surface area contributed by atoms with Crippen LogP contribution in [0.25, 0.3) is 102 Å². The first-order chi connectivity index (χ1) is 31.2. The molecule has 2 nitrogen and oxygen atoms in total. The Morgan fingerprint density at radius 2 is 0.921 bits per heavy atom. The molecule has 0 aliphatic carbocycles. The number of hydrogen-bond acceptors (Lipinski definition) is 2. The lowest BCUT2D eigenvalue weighted by Gasteiger charge is -2.27. The fourth-order valence-electron chi connectivity index (χ4n) is 10.0. The number of para-hydroxylation sites is 2. The quantitative estimate of drug-likeness (QED) is 0.152. The minimum absolute atomic E-state index is 1.10. The number of aromatic nitrogens is 1. The average molecular weight is 819 g/mol. The van der Waals surface area contributed by atoms with Gasteiger partial charge in [0.15, 0.2) is 0 Å². The monoisotopic (exact) mass is 818 g/mol. The molecule has 13 rings (SSSR count). The Hall–Kier alpha value is -7.98. The molecule has 3 heteroatoms. The molecule has 0 N–H and O–H groups in total. The molecule has 63 heavy (non-hydrogen) atoms. The van der Waals surface area contributed by atoms with Crippen molar-refractivity contribution in [2.75, 3.05) is 4.90 Å². The molecule has 0 fully saturated rings. The van der Waals surface area contributed by atoms with E-state index in [1.165, 1.54) is 102 Å². The molecule has 0 unspecified atom stereocenters. The Balaban J connectivity index is 0.981. The maximum atomic E-state index is 2.46. The normalized spacial score (nSPS) is 11.8. The van der Waals surface area contributed by atoms with E-state index in [1.807, 2.05) is 11.3 Å². The summed E-state index contributed by atoms with van der Waals surface area (Å²) in [7, 11) is 0. The van der Waals surface area contributed by atoms with Gasteiger partial charge >= 0.3 is 0 Å². The van der Waals surface area contributed by atoms with Crippen LogP contribution in [0.4, 0.5) is 17.1 Å². The van der Waals surface area contributed by atoms with Crippen molar-refractivity contribution in [3.63, 3.8) is 0 Å². The number of rotatable bonds is 6. The van der Waals surface area contributed by atoms with Crippen LogP contribution < -0.4 is 4.90 Å². The number of benzene rings is 11. The molecular formula is C60H38N2S. The van der Waals surface area contributed by atoms with Crippen LogP contribution in [-0.2, 0) is 0 Å². The summed E-state index contributed by atoms with van der Waals surface area (Å²) in [6, 6.07) is 84.7. The lowest BCUT2D eigenvalue weighted by molar-refractivity contribution is 1.18. The highest BCUT2D eigenvalue weighted by molar-refractivity contribution is 7.27. The minimum atomic E-state index is 1.10. The molecule has 11 aromatic carbocycles. The molecule has 2 aromatic heterocycles. The second-order valence-corrected chi connectivity index (χ2v) is 17.5. The van der Waals surface area contributed by atoms with Crippen LogP contribution in [0.15, 0.2) is 231 Å². The summed E-state index contributed by atoms with van der Waals surface area (Å²) >= 11 is 1.90. The Morgan fingerprint density at radius 3 is 1.71 bits per heavy atom. The van der Waals surface area contributed by atoms with E-state index >= 15 is 0 Å². The van der Waals surface area contributed by atoms with Gasteiger partial charge in [0.1, 0.15) is 0 Å². The van der Waals surface area contributed by atoms with Gasteiger partial charge in [0, 0.05) is 43.3 Å². The SMILES string of the molecule is c1cc(-c2cc3ccccc3c3ccccc23)cc(N(c2ccc(-c3cccc(-n4c5ccccc5c5ccccc54)c3)cc2)c2cccc3c2sc2c4ccccc4ccc32)c1. The van der Waals surface area contributed by atoms with E-state index < -0.39 is 0 Å². The molecule has 0 aliphatic heterocycles. The van der Waals surface area contributed by atoms with Crippen LogP contribution in [0.3, 0.4) is 0 Å². The predicted octanol–water partition coefficient (Wildman–Crippen LogP) is 17.4. The molecule has 0 atom stereocenters. The van der Waals surface area contributed by atoms with Gasteiger partial charge in [-0.1, -0.05) is 170 Å². The highest BCUT2D eigenvalue weighted by Gasteiger charge is 2.21. The zero-order valence-corrected chi connectivity index (χ0v) is 35.1. The van der Waals surface area contributed by atoms with E-state index in [2.05, 4.69) is 240 Å². The number of thiophene rings is 1. The number of fused-ring (bicyclic) bond motifs is 11. The summed E-state index contributed by atoms with van der Waals surface area (Å²) < 4.78 is 4.99. The Bertz CT molecular complexity index is 3870. The summed E-state index contributed by atoms with van der Waals surface area (Å²) in [5.41, 5.74) is 11.7. The Labute approximate surface area is 368 Å². The predicted molar refractivity (Wildman–Crippen MR) is 272 cm³/mol. The van der Waals surface area contributed by atoms with E-state index in [9.17, 15) is 0 Å². The molecule has 0 radical (unpaired) electrons. The molecule has 0 amide bonds. The third-order valence-electron chi connectivity index (χ3n) is 12.9. The van der Waals surface area contributed by atoms with Crippen molar-refractivity contribution >= 4 is 103 Å². The van der Waals surface area contributed by atoms with Crippen molar-refractivity contribution in [3.05, 3.63) is 231 Å². The van der Waals surface area contributed by atoms with Crippen LogP contribution in [0.2, 0.25) is 0 Å². The fraction of sp³-hybridized carbons (Fsp3) is 0. The van der Waals surface area contributed by atoms with Crippen molar-refractivity contribution in [1.29, 1.82) is 0 Å². The first-order valence-corrected chi connectivity index (χ1v) is 22.4.